The van der Waals surface area contributed by atoms with Crippen LogP contribution in [0.15, 0.2) is 42.7 Å². The number of benzene rings is 1. The normalized spacial score (nSPS) is 11.4. The Kier molecular flexibility index (Phi) is 4.75. The van der Waals surface area contributed by atoms with E-state index in [1.54, 1.807) is 6.20 Å². The first-order chi connectivity index (χ1) is 9.94. The summed E-state index contributed by atoms with van der Waals surface area (Å²) in [5.74, 6) is -0.0437. The Balaban J connectivity index is 2.01. The Hall–Kier alpha value is -2.14. The number of para-hydroxylation sites is 1. The van der Waals surface area contributed by atoms with E-state index >= 15 is 0 Å². The van der Waals surface area contributed by atoms with Crippen LogP contribution in [-0.4, -0.2) is 27.8 Å². The van der Waals surface area contributed by atoms with Gasteiger partial charge in [-0.05, 0) is 38.5 Å². The molecule has 0 radical (unpaired) electrons. The largest absolute Gasteiger partial charge is 0.325 e. The zero-order valence-corrected chi connectivity index (χ0v) is 12.8. The van der Waals surface area contributed by atoms with Crippen LogP contribution in [0, 0.1) is 0 Å². The van der Waals surface area contributed by atoms with Crippen LogP contribution >= 0.6 is 0 Å². The highest BCUT2D eigenvalue weighted by Gasteiger charge is 2.12. The first kappa shape index (κ1) is 15.3. The smallest absolute Gasteiger partial charge is 0.238 e. The van der Waals surface area contributed by atoms with Crippen molar-refractivity contribution in [3.63, 3.8) is 0 Å². The zero-order valence-electron chi connectivity index (χ0n) is 12.8. The van der Waals surface area contributed by atoms with Gasteiger partial charge >= 0.3 is 0 Å². The molecule has 0 unspecified atom stereocenters. The molecule has 0 spiro atoms. The summed E-state index contributed by atoms with van der Waals surface area (Å²) < 4.78 is 1.83. The second-order valence-corrected chi connectivity index (χ2v) is 6.01. The van der Waals surface area contributed by atoms with Crippen molar-refractivity contribution in [1.82, 2.24) is 15.1 Å². The average molecular weight is 286 g/mol. The fourth-order valence-electron chi connectivity index (χ4n) is 1.89. The molecule has 0 aliphatic carbocycles. The van der Waals surface area contributed by atoms with Gasteiger partial charge in [0, 0.05) is 23.6 Å². The molecule has 0 aliphatic heterocycles. The number of nitrogens with one attached hydrogen (secondary N) is 2. The van der Waals surface area contributed by atoms with Gasteiger partial charge in [-0.2, -0.15) is 5.10 Å². The molecule has 0 saturated heterocycles. The lowest BCUT2D eigenvalue weighted by Crippen LogP contribution is -2.41. The van der Waals surface area contributed by atoms with Gasteiger partial charge < -0.3 is 10.6 Å². The molecule has 0 bridgehead atoms. The van der Waals surface area contributed by atoms with Gasteiger partial charge in [-0.25, -0.2) is 0 Å². The highest BCUT2D eigenvalue weighted by atomic mass is 16.1. The quantitative estimate of drug-likeness (QED) is 0.886. The lowest BCUT2D eigenvalue weighted by molar-refractivity contribution is -0.115. The molecule has 0 atom stereocenters. The third kappa shape index (κ3) is 5.04. The molecule has 0 saturated carbocycles. The van der Waals surface area contributed by atoms with E-state index in [1.165, 1.54) is 0 Å². The Morgan fingerprint density at radius 2 is 2.00 bits per heavy atom. The van der Waals surface area contributed by atoms with E-state index in [0.29, 0.717) is 13.1 Å². The summed E-state index contributed by atoms with van der Waals surface area (Å²) >= 11 is 0. The standard InChI is InChI=1S/C16H22N4O/c1-16(2,3)17-11-15(21)19-14-8-5-4-7-13(14)12-20-10-6-9-18-20/h4-10,17H,11-12H2,1-3H3,(H,19,21). The lowest BCUT2D eigenvalue weighted by atomic mass is 10.1. The molecule has 1 amide bonds. The molecule has 5 heteroatoms. The number of hydrogen-bond donors (Lipinski definition) is 2. The number of anilines is 1. The van der Waals surface area contributed by atoms with Crippen molar-refractivity contribution >= 4 is 11.6 Å². The maximum Gasteiger partial charge on any atom is 0.238 e. The Bertz CT molecular complexity index is 585. The second-order valence-electron chi connectivity index (χ2n) is 6.01. The second kappa shape index (κ2) is 6.54. The molecule has 2 N–H and O–H groups in total. The molecule has 1 heterocycles. The maximum atomic E-state index is 12.0. The minimum absolute atomic E-state index is 0.0437. The Morgan fingerprint density at radius 3 is 2.67 bits per heavy atom. The van der Waals surface area contributed by atoms with Crippen LogP contribution in [0.1, 0.15) is 26.3 Å². The van der Waals surface area contributed by atoms with Crippen LogP contribution in [0.3, 0.4) is 0 Å². The SMILES string of the molecule is CC(C)(C)NCC(=O)Nc1ccccc1Cn1cccn1. The number of carbonyl (C=O) groups excluding carboxylic acids is 1. The van der Waals surface area contributed by atoms with Crippen LogP contribution in [-0.2, 0) is 11.3 Å². The van der Waals surface area contributed by atoms with E-state index in [4.69, 9.17) is 0 Å². The molecule has 112 valence electrons. The predicted molar refractivity (Wildman–Crippen MR) is 84.2 cm³/mol. The lowest BCUT2D eigenvalue weighted by Gasteiger charge is -2.20. The third-order valence-corrected chi connectivity index (χ3v) is 2.96. The van der Waals surface area contributed by atoms with E-state index in [-0.39, 0.29) is 11.4 Å². The fourth-order valence-corrected chi connectivity index (χ4v) is 1.89. The first-order valence-corrected chi connectivity index (χ1v) is 7.04. The third-order valence-electron chi connectivity index (χ3n) is 2.96. The summed E-state index contributed by atoms with van der Waals surface area (Å²) in [5.41, 5.74) is 1.78. The van der Waals surface area contributed by atoms with E-state index in [1.807, 2.05) is 62.0 Å². The molecule has 2 rings (SSSR count). The molecule has 1 aromatic heterocycles. The molecule has 2 aromatic rings. The molecule has 21 heavy (non-hydrogen) atoms. The van der Waals surface area contributed by atoms with Crippen LogP contribution < -0.4 is 10.6 Å². The summed E-state index contributed by atoms with van der Waals surface area (Å²) in [5, 5.41) is 10.3. The predicted octanol–water partition coefficient (Wildman–Crippen LogP) is 2.26. The van der Waals surface area contributed by atoms with Gasteiger partial charge in [0.15, 0.2) is 0 Å². The van der Waals surface area contributed by atoms with Crippen molar-refractivity contribution in [3.8, 4) is 0 Å². The molecule has 1 aromatic carbocycles. The van der Waals surface area contributed by atoms with Crippen molar-refractivity contribution in [2.45, 2.75) is 32.9 Å². The van der Waals surface area contributed by atoms with Crippen LogP contribution in [0.25, 0.3) is 0 Å². The number of carbonyl (C=O) groups is 1. The summed E-state index contributed by atoms with van der Waals surface area (Å²) in [4.78, 5) is 12.0. The van der Waals surface area contributed by atoms with Gasteiger partial charge in [0.2, 0.25) is 5.91 Å². The first-order valence-electron chi connectivity index (χ1n) is 7.04. The van der Waals surface area contributed by atoms with Crippen LogP contribution in [0.4, 0.5) is 5.69 Å². The van der Waals surface area contributed by atoms with Gasteiger partial charge in [0.25, 0.3) is 0 Å². The average Bonchev–Trinajstić information content (AvgIpc) is 2.91. The summed E-state index contributed by atoms with van der Waals surface area (Å²) in [6.07, 6.45) is 3.65. The number of nitrogens with zero attached hydrogens (tertiary/aromatic N) is 2. The van der Waals surface area contributed by atoms with Crippen molar-refractivity contribution in [1.29, 1.82) is 0 Å². The summed E-state index contributed by atoms with van der Waals surface area (Å²) in [7, 11) is 0. The minimum Gasteiger partial charge on any atom is -0.325 e. The van der Waals surface area contributed by atoms with Crippen molar-refractivity contribution in [2.24, 2.45) is 0 Å². The number of aromatic nitrogens is 2. The van der Waals surface area contributed by atoms with Gasteiger partial charge in [-0.15, -0.1) is 0 Å². The van der Waals surface area contributed by atoms with Gasteiger partial charge in [0.05, 0.1) is 13.1 Å². The van der Waals surface area contributed by atoms with Crippen molar-refractivity contribution in [2.75, 3.05) is 11.9 Å². The summed E-state index contributed by atoms with van der Waals surface area (Å²) in [6, 6.07) is 9.66. The Labute approximate surface area is 125 Å². The highest BCUT2D eigenvalue weighted by molar-refractivity contribution is 5.93. The number of amides is 1. The molecular weight excluding hydrogens is 264 g/mol. The monoisotopic (exact) mass is 286 g/mol. The van der Waals surface area contributed by atoms with E-state index in [0.717, 1.165) is 11.3 Å². The van der Waals surface area contributed by atoms with E-state index in [9.17, 15) is 4.79 Å². The number of hydrogen-bond acceptors (Lipinski definition) is 3. The Morgan fingerprint density at radius 1 is 1.24 bits per heavy atom. The highest BCUT2D eigenvalue weighted by Crippen LogP contribution is 2.16. The van der Waals surface area contributed by atoms with Crippen LogP contribution in [0.2, 0.25) is 0 Å². The van der Waals surface area contributed by atoms with Gasteiger partial charge in [-0.1, -0.05) is 18.2 Å². The fraction of sp³-hybridized carbons (Fsp3) is 0.375. The molecular formula is C16H22N4O. The molecule has 0 aliphatic rings. The van der Waals surface area contributed by atoms with Gasteiger partial charge in [0.1, 0.15) is 0 Å². The minimum atomic E-state index is -0.0775. The van der Waals surface area contributed by atoms with Gasteiger partial charge in [-0.3, -0.25) is 9.48 Å². The maximum absolute atomic E-state index is 12.0. The topological polar surface area (TPSA) is 59.0 Å². The van der Waals surface area contributed by atoms with Crippen LogP contribution in [0.5, 0.6) is 0 Å². The van der Waals surface area contributed by atoms with E-state index in [2.05, 4.69) is 15.7 Å². The summed E-state index contributed by atoms with van der Waals surface area (Å²) in [6.45, 7) is 7.03. The van der Waals surface area contributed by atoms with Crippen molar-refractivity contribution in [3.05, 3.63) is 48.3 Å². The molecule has 0 fully saturated rings. The van der Waals surface area contributed by atoms with E-state index < -0.39 is 0 Å². The molecule has 5 nitrogen and oxygen atoms in total. The number of rotatable bonds is 5. The van der Waals surface area contributed by atoms with Crippen molar-refractivity contribution < 1.29 is 4.79 Å². The zero-order chi connectivity index (χ0) is 15.3.